The Balaban J connectivity index is 2.10. The van der Waals surface area contributed by atoms with Gasteiger partial charge in [-0.2, -0.15) is 0 Å². The highest BCUT2D eigenvalue weighted by Gasteiger charge is 2.19. The van der Waals surface area contributed by atoms with Crippen molar-refractivity contribution in [3.05, 3.63) is 59.2 Å². The molecule has 0 radical (unpaired) electrons. The summed E-state index contributed by atoms with van der Waals surface area (Å²) < 4.78 is 0. The van der Waals surface area contributed by atoms with Crippen molar-refractivity contribution in [2.75, 3.05) is 13.1 Å². The molecule has 0 bridgehead atoms. The van der Waals surface area contributed by atoms with E-state index < -0.39 is 0 Å². The number of rotatable bonds is 2. The second kappa shape index (κ2) is 5.80. The van der Waals surface area contributed by atoms with Gasteiger partial charge in [-0.15, -0.1) is 0 Å². The Bertz CT molecular complexity index is 574. The van der Waals surface area contributed by atoms with Crippen LogP contribution in [0.5, 0.6) is 0 Å². The van der Waals surface area contributed by atoms with E-state index in [4.69, 9.17) is 0 Å². The molecular weight excluding hydrogens is 242 g/mol. The molecule has 1 saturated heterocycles. The second-order valence-electron chi connectivity index (χ2n) is 5.88. The van der Waals surface area contributed by atoms with Crippen LogP contribution in [0.2, 0.25) is 0 Å². The fraction of sp³-hybridized carbons (Fsp3) is 0.368. The average molecular weight is 265 g/mol. The van der Waals surface area contributed by atoms with Crippen LogP contribution in [-0.4, -0.2) is 13.1 Å². The number of benzene rings is 2. The average Bonchev–Trinajstić information content (AvgIpc) is 2.48. The van der Waals surface area contributed by atoms with E-state index in [1.807, 2.05) is 0 Å². The minimum absolute atomic E-state index is 0.700. The summed E-state index contributed by atoms with van der Waals surface area (Å²) in [7, 11) is 0. The lowest BCUT2D eigenvalue weighted by Gasteiger charge is -2.26. The molecule has 1 aliphatic rings. The van der Waals surface area contributed by atoms with Gasteiger partial charge in [0.15, 0.2) is 0 Å². The van der Waals surface area contributed by atoms with E-state index in [0.717, 1.165) is 13.1 Å². The predicted octanol–water partition coefficient (Wildman–Crippen LogP) is 4.44. The zero-order valence-electron chi connectivity index (χ0n) is 12.4. The van der Waals surface area contributed by atoms with Crippen LogP contribution in [0.1, 0.15) is 35.4 Å². The van der Waals surface area contributed by atoms with Gasteiger partial charge >= 0.3 is 0 Å². The second-order valence-corrected chi connectivity index (χ2v) is 5.88. The van der Waals surface area contributed by atoms with Gasteiger partial charge in [0, 0.05) is 0 Å². The monoisotopic (exact) mass is 265 g/mol. The standard InChI is InChI=1S/C19H23N/c1-14-6-5-7-15(2)19(14)18-9-4-3-8-17(18)16-10-12-20-13-11-16/h3-9,16,20H,10-13H2,1-2H3. The SMILES string of the molecule is Cc1cccc(C)c1-c1ccccc1C1CCNCC1. The lowest BCUT2D eigenvalue weighted by atomic mass is 9.83. The van der Waals surface area contributed by atoms with E-state index >= 15 is 0 Å². The van der Waals surface area contributed by atoms with E-state index in [2.05, 4.69) is 61.6 Å². The Morgan fingerprint density at radius 1 is 0.850 bits per heavy atom. The quantitative estimate of drug-likeness (QED) is 0.846. The molecule has 0 saturated carbocycles. The van der Waals surface area contributed by atoms with E-state index in [0.29, 0.717) is 5.92 Å². The maximum absolute atomic E-state index is 3.47. The van der Waals surface area contributed by atoms with E-state index in [9.17, 15) is 0 Å². The van der Waals surface area contributed by atoms with E-state index in [1.165, 1.54) is 40.7 Å². The molecule has 104 valence electrons. The molecule has 0 atom stereocenters. The van der Waals surface area contributed by atoms with E-state index in [1.54, 1.807) is 0 Å². The highest BCUT2D eigenvalue weighted by Crippen LogP contribution is 2.36. The Labute approximate surface area is 122 Å². The van der Waals surface area contributed by atoms with Crippen molar-refractivity contribution in [1.82, 2.24) is 5.32 Å². The van der Waals surface area contributed by atoms with Gasteiger partial charge in [0.1, 0.15) is 0 Å². The first-order valence-electron chi connectivity index (χ1n) is 7.63. The molecule has 1 nitrogen and oxygen atoms in total. The summed E-state index contributed by atoms with van der Waals surface area (Å²) in [4.78, 5) is 0. The molecule has 2 aromatic rings. The van der Waals surface area contributed by atoms with Gasteiger partial charge in [0.25, 0.3) is 0 Å². The molecule has 1 fully saturated rings. The fourth-order valence-electron chi connectivity index (χ4n) is 3.45. The first kappa shape index (κ1) is 13.4. The van der Waals surface area contributed by atoms with Crippen LogP contribution in [0.3, 0.4) is 0 Å². The minimum atomic E-state index is 0.700. The summed E-state index contributed by atoms with van der Waals surface area (Å²) in [6.45, 7) is 6.74. The van der Waals surface area contributed by atoms with Crippen LogP contribution in [0.25, 0.3) is 11.1 Å². The van der Waals surface area contributed by atoms with Crippen LogP contribution in [-0.2, 0) is 0 Å². The van der Waals surface area contributed by atoms with E-state index in [-0.39, 0.29) is 0 Å². The normalized spacial score (nSPS) is 16.3. The first-order chi connectivity index (χ1) is 9.77. The summed E-state index contributed by atoms with van der Waals surface area (Å²) in [5.41, 5.74) is 7.17. The number of hydrogen-bond donors (Lipinski definition) is 1. The molecule has 0 aliphatic carbocycles. The van der Waals surface area contributed by atoms with Crippen molar-refractivity contribution in [2.45, 2.75) is 32.6 Å². The molecule has 1 heteroatoms. The molecule has 0 unspecified atom stereocenters. The van der Waals surface area contributed by atoms with Gasteiger partial charge in [0.05, 0.1) is 0 Å². The fourth-order valence-corrected chi connectivity index (χ4v) is 3.45. The Morgan fingerprint density at radius 3 is 2.20 bits per heavy atom. The summed E-state index contributed by atoms with van der Waals surface area (Å²) in [6, 6.07) is 15.6. The Kier molecular flexibility index (Phi) is 3.88. The topological polar surface area (TPSA) is 12.0 Å². The number of nitrogens with one attached hydrogen (secondary N) is 1. The van der Waals surface area contributed by atoms with Gasteiger partial charge in [-0.05, 0) is 73.5 Å². The number of piperidine rings is 1. The first-order valence-corrected chi connectivity index (χ1v) is 7.63. The van der Waals surface area contributed by atoms with Crippen molar-refractivity contribution in [2.24, 2.45) is 0 Å². The van der Waals surface area contributed by atoms with Crippen LogP contribution in [0.4, 0.5) is 0 Å². The summed E-state index contributed by atoms with van der Waals surface area (Å²) in [6.07, 6.45) is 2.50. The van der Waals surface area contributed by atoms with Crippen molar-refractivity contribution in [3.8, 4) is 11.1 Å². The van der Waals surface area contributed by atoms with Crippen LogP contribution < -0.4 is 5.32 Å². The highest BCUT2D eigenvalue weighted by atomic mass is 14.9. The molecular formula is C19H23N. The molecule has 1 heterocycles. The zero-order valence-corrected chi connectivity index (χ0v) is 12.4. The van der Waals surface area contributed by atoms with Crippen molar-refractivity contribution in [3.63, 3.8) is 0 Å². The highest BCUT2D eigenvalue weighted by molar-refractivity contribution is 5.74. The summed E-state index contributed by atoms with van der Waals surface area (Å²) in [5, 5.41) is 3.47. The van der Waals surface area contributed by atoms with Gasteiger partial charge in [-0.1, -0.05) is 42.5 Å². The largest absolute Gasteiger partial charge is 0.317 e. The minimum Gasteiger partial charge on any atom is -0.317 e. The van der Waals surface area contributed by atoms with Crippen LogP contribution in [0.15, 0.2) is 42.5 Å². The molecule has 0 aromatic heterocycles. The van der Waals surface area contributed by atoms with Crippen LogP contribution in [0, 0.1) is 13.8 Å². The zero-order chi connectivity index (χ0) is 13.9. The summed E-state index contributed by atoms with van der Waals surface area (Å²) >= 11 is 0. The summed E-state index contributed by atoms with van der Waals surface area (Å²) in [5.74, 6) is 0.700. The third kappa shape index (κ3) is 2.51. The lowest BCUT2D eigenvalue weighted by molar-refractivity contribution is 0.461. The molecule has 1 N–H and O–H groups in total. The molecule has 3 rings (SSSR count). The smallest absolute Gasteiger partial charge is 0.00431 e. The number of aryl methyl sites for hydroxylation is 2. The Hall–Kier alpha value is -1.60. The van der Waals surface area contributed by atoms with Gasteiger partial charge in [-0.25, -0.2) is 0 Å². The maximum Gasteiger partial charge on any atom is -0.00431 e. The lowest BCUT2D eigenvalue weighted by Crippen LogP contribution is -2.26. The Morgan fingerprint density at radius 2 is 1.50 bits per heavy atom. The molecule has 20 heavy (non-hydrogen) atoms. The van der Waals surface area contributed by atoms with Crippen LogP contribution >= 0.6 is 0 Å². The molecule has 1 aliphatic heterocycles. The third-order valence-electron chi connectivity index (χ3n) is 4.49. The van der Waals surface area contributed by atoms with Gasteiger partial charge < -0.3 is 5.32 Å². The van der Waals surface area contributed by atoms with Gasteiger partial charge in [0.2, 0.25) is 0 Å². The maximum atomic E-state index is 3.47. The molecule has 0 amide bonds. The van der Waals surface area contributed by atoms with Crippen molar-refractivity contribution < 1.29 is 0 Å². The molecule has 0 spiro atoms. The van der Waals surface area contributed by atoms with Gasteiger partial charge in [-0.3, -0.25) is 0 Å². The molecule has 2 aromatic carbocycles. The predicted molar refractivity (Wildman–Crippen MR) is 86.2 cm³/mol. The number of hydrogen-bond acceptors (Lipinski definition) is 1. The van der Waals surface area contributed by atoms with Crippen molar-refractivity contribution in [1.29, 1.82) is 0 Å². The third-order valence-corrected chi connectivity index (χ3v) is 4.49. The van der Waals surface area contributed by atoms with Crippen molar-refractivity contribution >= 4 is 0 Å².